The summed E-state index contributed by atoms with van der Waals surface area (Å²) in [5, 5.41) is 17.0. The Kier molecular flexibility index (Phi) is 6.52. The smallest absolute Gasteiger partial charge is 0.257 e. The molecule has 1 amide bonds. The lowest BCUT2D eigenvalue weighted by Crippen LogP contribution is -2.39. The van der Waals surface area contributed by atoms with Crippen molar-refractivity contribution in [1.82, 2.24) is 15.1 Å². The lowest BCUT2D eigenvalue weighted by Gasteiger charge is -2.31. The molecule has 0 bridgehead atoms. The lowest BCUT2D eigenvalue weighted by molar-refractivity contribution is 0.0935. The zero-order valence-corrected chi connectivity index (χ0v) is 16.8. The maximum atomic E-state index is 13.1. The molecule has 28 heavy (non-hydrogen) atoms. The highest BCUT2D eigenvalue weighted by Gasteiger charge is 2.27. The van der Waals surface area contributed by atoms with E-state index in [1.54, 1.807) is 10.9 Å². The van der Waals surface area contributed by atoms with Crippen molar-refractivity contribution < 1.29 is 9.90 Å². The van der Waals surface area contributed by atoms with Gasteiger partial charge in [0.05, 0.1) is 24.5 Å². The summed E-state index contributed by atoms with van der Waals surface area (Å²) >= 11 is 0. The van der Waals surface area contributed by atoms with Crippen LogP contribution in [0.4, 0.5) is 5.82 Å². The van der Waals surface area contributed by atoms with Crippen molar-refractivity contribution in [2.45, 2.75) is 38.6 Å². The van der Waals surface area contributed by atoms with E-state index in [4.69, 9.17) is 0 Å². The van der Waals surface area contributed by atoms with E-state index in [-0.39, 0.29) is 18.6 Å². The maximum Gasteiger partial charge on any atom is 0.257 e. The number of rotatable bonds is 7. The predicted octanol–water partition coefficient (Wildman–Crippen LogP) is 3.17. The summed E-state index contributed by atoms with van der Waals surface area (Å²) in [7, 11) is 1.86. The highest BCUT2D eigenvalue weighted by atomic mass is 16.3. The highest BCUT2D eigenvalue weighted by Crippen LogP contribution is 2.30. The topological polar surface area (TPSA) is 70.4 Å². The first-order valence-corrected chi connectivity index (χ1v) is 9.99. The molecule has 1 saturated carbocycles. The molecule has 150 valence electrons. The van der Waals surface area contributed by atoms with E-state index >= 15 is 0 Å². The minimum Gasteiger partial charge on any atom is -0.395 e. The Hall–Kier alpha value is -2.60. The number of anilines is 1. The van der Waals surface area contributed by atoms with Crippen LogP contribution in [0.3, 0.4) is 0 Å². The van der Waals surface area contributed by atoms with Gasteiger partial charge in [-0.25, -0.2) is 4.68 Å². The number of aliphatic hydroxyl groups is 1. The van der Waals surface area contributed by atoms with E-state index < -0.39 is 0 Å². The second kappa shape index (κ2) is 9.06. The van der Waals surface area contributed by atoms with E-state index in [2.05, 4.69) is 23.9 Å². The molecular weight excluding hydrogens is 352 g/mol. The van der Waals surface area contributed by atoms with Crippen molar-refractivity contribution in [3.05, 3.63) is 54.2 Å². The number of nitrogens with one attached hydrogen (secondary N) is 1. The van der Waals surface area contributed by atoms with Crippen molar-refractivity contribution in [3.63, 3.8) is 0 Å². The van der Waals surface area contributed by atoms with Gasteiger partial charge < -0.3 is 15.3 Å². The van der Waals surface area contributed by atoms with Crippen LogP contribution in [-0.2, 0) is 0 Å². The molecule has 0 saturated heterocycles. The van der Waals surface area contributed by atoms with Crippen LogP contribution in [-0.4, -0.2) is 47.0 Å². The van der Waals surface area contributed by atoms with Crippen LogP contribution in [0, 0.1) is 5.92 Å². The van der Waals surface area contributed by atoms with E-state index in [9.17, 15) is 9.90 Å². The normalized spacial score (nSPS) is 19.5. The third-order valence-corrected chi connectivity index (χ3v) is 5.58. The summed E-state index contributed by atoms with van der Waals surface area (Å²) in [6, 6.07) is 9.70. The Morgan fingerprint density at radius 3 is 2.75 bits per heavy atom. The highest BCUT2D eigenvalue weighted by molar-refractivity contribution is 5.99. The van der Waals surface area contributed by atoms with Gasteiger partial charge in [-0.1, -0.05) is 43.7 Å². The lowest BCUT2D eigenvalue weighted by atomic mass is 9.81. The number of nitrogens with zero attached hydrogens (tertiary/aromatic N) is 3. The molecule has 1 fully saturated rings. The molecule has 0 spiro atoms. The van der Waals surface area contributed by atoms with E-state index in [1.807, 2.05) is 42.3 Å². The zero-order valence-electron chi connectivity index (χ0n) is 16.8. The minimum atomic E-state index is -0.150. The fraction of sp³-hybridized carbons (Fsp3) is 0.455. The number of carbonyl (C=O) groups is 1. The third-order valence-electron chi connectivity index (χ3n) is 5.58. The second-order valence-electron chi connectivity index (χ2n) is 7.51. The first-order valence-electron chi connectivity index (χ1n) is 9.99. The molecule has 2 N–H and O–H groups in total. The fourth-order valence-electron chi connectivity index (χ4n) is 3.86. The molecule has 2 atom stereocenters. The van der Waals surface area contributed by atoms with Gasteiger partial charge >= 0.3 is 0 Å². The molecule has 2 unspecified atom stereocenters. The zero-order chi connectivity index (χ0) is 20.1. The molecular formula is C22H30N4O2. The van der Waals surface area contributed by atoms with Crippen molar-refractivity contribution in [1.29, 1.82) is 0 Å². The summed E-state index contributed by atoms with van der Waals surface area (Å²) in [6.07, 6.45) is 5.77. The van der Waals surface area contributed by atoms with Crippen LogP contribution in [0.5, 0.6) is 0 Å². The predicted molar refractivity (Wildman–Crippen MR) is 112 cm³/mol. The summed E-state index contributed by atoms with van der Waals surface area (Å²) in [4.78, 5) is 14.9. The number of aromatic nitrogens is 2. The minimum absolute atomic E-state index is 0.00460. The van der Waals surface area contributed by atoms with Gasteiger partial charge in [-0.2, -0.15) is 5.10 Å². The number of likely N-dealkylation sites (N-methyl/N-ethyl adjacent to an activating group) is 1. The standard InChI is InChI=1S/C22H30N4O2/c1-4-17-10-11-20(16(2)14-17)24-21(28)19-15-23-26(18-8-6-5-7-9-18)22(19)25(3)12-13-27/h5-9,15,17,20,27H,2,4,10-14H2,1,3H3,(H,24,28). The maximum absolute atomic E-state index is 13.1. The monoisotopic (exact) mass is 382 g/mol. The number of amides is 1. The first kappa shape index (κ1) is 20.1. The van der Waals surface area contributed by atoms with Gasteiger partial charge in [0.1, 0.15) is 11.4 Å². The Morgan fingerprint density at radius 1 is 1.36 bits per heavy atom. The summed E-state index contributed by atoms with van der Waals surface area (Å²) < 4.78 is 1.74. The molecule has 0 aliphatic heterocycles. The number of carbonyl (C=O) groups excluding carboxylic acids is 1. The molecule has 3 rings (SSSR count). The van der Waals surface area contributed by atoms with Crippen LogP contribution < -0.4 is 10.2 Å². The van der Waals surface area contributed by atoms with Gasteiger partial charge in [-0.3, -0.25) is 4.79 Å². The SMILES string of the molecule is C=C1CC(CC)CCC1NC(=O)c1cnn(-c2ccccc2)c1N(C)CCO. The van der Waals surface area contributed by atoms with E-state index in [0.29, 0.717) is 23.8 Å². The van der Waals surface area contributed by atoms with E-state index in [0.717, 1.165) is 36.9 Å². The van der Waals surface area contributed by atoms with Crippen LogP contribution in [0.1, 0.15) is 43.0 Å². The molecule has 1 aliphatic rings. The molecule has 1 aromatic carbocycles. The van der Waals surface area contributed by atoms with Crippen molar-refractivity contribution in [3.8, 4) is 5.69 Å². The molecule has 2 aromatic rings. The van der Waals surface area contributed by atoms with Gasteiger partial charge in [0.15, 0.2) is 0 Å². The molecule has 6 heteroatoms. The quantitative estimate of drug-likeness (QED) is 0.722. The average Bonchev–Trinajstić information content (AvgIpc) is 3.15. The molecule has 1 heterocycles. The summed E-state index contributed by atoms with van der Waals surface area (Å²) in [5.41, 5.74) is 2.48. The van der Waals surface area contributed by atoms with Gasteiger partial charge in [0, 0.05) is 13.6 Å². The molecule has 0 radical (unpaired) electrons. The average molecular weight is 383 g/mol. The third kappa shape index (κ3) is 4.28. The Morgan fingerprint density at radius 2 is 2.11 bits per heavy atom. The van der Waals surface area contributed by atoms with Gasteiger partial charge in [0.25, 0.3) is 5.91 Å². The number of aliphatic hydroxyl groups excluding tert-OH is 1. The van der Waals surface area contributed by atoms with Gasteiger partial charge in [-0.15, -0.1) is 0 Å². The van der Waals surface area contributed by atoms with Crippen molar-refractivity contribution in [2.24, 2.45) is 5.92 Å². The fourth-order valence-corrected chi connectivity index (χ4v) is 3.86. The van der Waals surface area contributed by atoms with Crippen LogP contribution in [0.25, 0.3) is 5.69 Å². The van der Waals surface area contributed by atoms with Crippen LogP contribution >= 0.6 is 0 Å². The summed E-state index contributed by atoms with van der Waals surface area (Å²) in [5.74, 6) is 1.20. The Bertz CT molecular complexity index is 815. The van der Waals surface area contributed by atoms with Gasteiger partial charge in [0.2, 0.25) is 0 Å². The van der Waals surface area contributed by atoms with Crippen molar-refractivity contribution >= 4 is 11.7 Å². The van der Waals surface area contributed by atoms with Crippen molar-refractivity contribution in [2.75, 3.05) is 25.1 Å². The Labute approximate surface area is 166 Å². The first-order chi connectivity index (χ1) is 13.5. The molecule has 1 aromatic heterocycles. The number of benzene rings is 1. The number of para-hydroxylation sites is 1. The van der Waals surface area contributed by atoms with E-state index in [1.165, 1.54) is 0 Å². The Balaban J connectivity index is 1.85. The van der Waals surface area contributed by atoms with Gasteiger partial charge in [-0.05, 0) is 37.3 Å². The number of hydrogen-bond donors (Lipinski definition) is 2. The molecule has 6 nitrogen and oxygen atoms in total. The molecule has 1 aliphatic carbocycles. The van der Waals surface area contributed by atoms with Crippen LogP contribution in [0.15, 0.2) is 48.7 Å². The number of hydrogen-bond acceptors (Lipinski definition) is 4. The summed E-state index contributed by atoms with van der Waals surface area (Å²) in [6.45, 7) is 6.81. The van der Waals surface area contributed by atoms with Crippen LogP contribution in [0.2, 0.25) is 0 Å². The largest absolute Gasteiger partial charge is 0.395 e. The second-order valence-corrected chi connectivity index (χ2v) is 7.51.